The molecule has 4 aromatic rings. The molecule has 1 unspecified atom stereocenters. The summed E-state index contributed by atoms with van der Waals surface area (Å²) >= 11 is 6.31. The lowest BCUT2D eigenvalue weighted by Gasteiger charge is -2.27. The second kappa shape index (κ2) is 8.06. The molecule has 132 valence electrons. The van der Waals surface area contributed by atoms with Crippen molar-refractivity contribution in [2.45, 2.75) is 11.8 Å². The molecule has 1 aromatic carbocycles. The summed E-state index contributed by atoms with van der Waals surface area (Å²) in [6.45, 7) is 0. The van der Waals surface area contributed by atoms with Gasteiger partial charge in [-0.25, -0.2) is 9.97 Å². The molecular weight excluding hydrogens is 356 g/mol. The first kappa shape index (κ1) is 17.3. The molecule has 0 radical (unpaired) electrons. The Labute approximate surface area is 163 Å². The predicted octanol–water partition coefficient (Wildman–Crippen LogP) is 4.88. The van der Waals surface area contributed by atoms with Crippen molar-refractivity contribution in [2.75, 3.05) is 0 Å². The first-order valence-corrected chi connectivity index (χ1v) is 9.03. The van der Waals surface area contributed by atoms with Gasteiger partial charge in [-0.3, -0.25) is 9.97 Å². The zero-order valence-electron chi connectivity index (χ0n) is 14.5. The Morgan fingerprint density at radius 2 is 1.26 bits per heavy atom. The molecule has 0 amide bonds. The number of hydrogen-bond acceptors (Lipinski definition) is 4. The van der Waals surface area contributed by atoms with Gasteiger partial charge in [0.1, 0.15) is 5.82 Å². The molecule has 0 aliphatic heterocycles. The van der Waals surface area contributed by atoms with Crippen molar-refractivity contribution >= 4 is 11.6 Å². The summed E-state index contributed by atoms with van der Waals surface area (Å²) in [6.07, 6.45) is 10.9. The van der Waals surface area contributed by atoms with Crippen LogP contribution in [-0.4, -0.2) is 19.9 Å². The highest BCUT2D eigenvalue weighted by atomic mass is 35.5. The second-order valence-electron chi connectivity index (χ2n) is 6.19. The number of benzene rings is 1. The van der Waals surface area contributed by atoms with E-state index in [0.29, 0.717) is 5.02 Å². The van der Waals surface area contributed by atoms with E-state index in [1.165, 1.54) is 0 Å². The first-order valence-electron chi connectivity index (χ1n) is 8.65. The smallest absolute Gasteiger partial charge is 0.136 e. The molecule has 4 nitrogen and oxygen atoms in total. The van der Waals surface area contributed by atoms with E-state index in [1.54, 1.807) is 24.8 Å². The Kier molecular flexibility index (Phi) is 5.17. The number of halogens is 1. The summed E-state index contributed by atoms with van der Waals surface area (Å²) in [5, 5.41) is 0.685. The largest absolute Gasteiger partial charge is 0.264 e. The fourth-order valence-electron chi connectivity index (χ4n) is 3.36. The molecule has 0 aliphatic rings. The van der Waals surface area contributed by atoms with Crippen LogP contribution >= 0.6 is 11.6 Å². The highest BCUT2D eigenvalue weighted by Gasteiger charge is 2.30. The molecule has 0 fully saturated rings. The molecule has 4 rings (SSSR count). The van der Waals surface area contributed by atoms with E-state index in [2.05, 4.69) is 38.1 Å². The molecule has 3 aromatic heterocycles. The van der Waals surface area contributed by atoms with E-state index in [4.69, 9.17) is 11.6 Å². The normalized spacial score (nSPS) is 12.1. The first-order chi connectivity index (χ1) is 13.3. The summed E-state index contributed by atoms with van der Waals surface area (Å²) in [7, 11) is 0. The molecule has 0 spiro atoms. The number of hydrogen-bond donors (Lipinski definition) is 0. The topological polar surface area (TPSA) is 51.6 Å². The third-order valence-corrected chi connectivity index (χ3v) is 4.73. The number of rotatable bonds is 5. The average molecular weight is 373 g/mol. The van der Waals surface area contributed by atoms with Gasteiger partial charge in [-0.1, -0.05) is 35.9 Å². The summed E-state index contributed by atoms with van der Waals surface area (Å²) < 4.78 is 0. The van der Waals surface area contributed by atoms with Crippen LogP contribution in [0.2, 0.25) is 5.02 Å². The van der Waals surface area contributed by atoms with Crippen LogP contribution in [0.4, 0.5) is 0 Å². The zero-order chi connectivity index (χ0) is 18.5. The zero-order valence-corrected chi connectivity index (χ0v) is 15.2. The quantitative estimate of drug-likeness (QED) is 0.500. The number of nitrogens with zero attached hydrogens (tertiary/aromatic N) is 4. The number of pyridine rings is 2. The van der Waals surface area contributed by atoms with Gasteiger partial charge in [-0.2, -0.15) is 0 Å². The third-order valence-electron chi connectivity index (χ3n) is 4.49. The minimum atomic E-state index is -0.127. The predicted molar refractivity (Wildman–Crippen MR) is 106 cm³/mol. The van der Waals surface area contributed by atoms with Crippen molar-refractivity contribution in [3.05, 3.63) is 119 Å². The Hall–Kier alpha value is -3.11. The van der Waals surface area contributed by atoms with Gasteiger partial charge in [-0.05, 0) is 47.0 Å². The van der Waals surface area contributed by atoms with Gasteiger partial charge in [0.25, 0.3) is 0 Å². The lowest BCUT2D eigenvalue weighted by atomic mass is 9.77. The number of aromatic nitrogens is 4. The molecule has 0 aliphatic carbocycles. The van der Waals surface area contributed by atoms with Crippen LogP contribution in [0.15, 0.2) is 91.8 Å². The lowest BCUT2D eigenvalue weighted by molar-refractivity contribution is 0.647. The minimum absolute atomic E-state index is 0.0479. The molecule has 3 heterocycles. The van der Waals surface area contributed by atoms with Gasteiger partial charge < -0.3 is 0 Å². The highest BCUT2D eigenvalue weighted by molar-refractivity contribution is 6.30. The standard InChI is InChI=1S/C22H17ClN4/c23-19-8-1-5-16(13-19)21(22-26-11-4-12-27-22)20(17-6-2-9-24-14-17)18-7-3-10-25-15-18/h1-15,20-21H. The van der Waals surface area contributed by atoms with E-state index in [-0.39, 0.29) is 11.8 Å². The van der Waals surface area contributed by atoms with Gasteiger partial charge in [-0.15, -0.1) is 0 Å². The Morgan fingerprint density at radius 3 is 1.81 bits per heavy atom. The molecule has 0 bridgehead atoms. The molecule has 1 atom stereocenters. The van der Waals surface area contributed by atoms with E-state index in [9.17, 15) is 0 Å². The molecule has 0 N–H and O–H groups in total. The van der Waals surface area contributed by atoms with Crippen LogP contribution in [0.5, 0.6) is 0 Å². The summed E-state index contributed by atoms with van der Waals surface area (Å²) in [5.74, 6) is 0.559. The van der Waals surface area contributed by atoms with Crippen molar-refractivity contribution in [3.8, 4) is 0 Å². The molecular formula is C22H17ClN4. The minimum Gasteiger partial charge on any atom is -0.264 e. The van der Waals surface area contributed by atoms with Crippen molar-refractivity contribution in [1.29, 1.82) is 0 Å². The summed E-state index contributed by atoms with van der Waals surface area (Å²) in [6, 6.07) is 17.7. The van der Waals surface area contributed by atoms with Crippen LogP contribution in [0.25, 0.3) is 0 Å². The fourth-order valence-corrected chi connectivity index (χ4v) is 3.56. The maximum atomic E-state index is 6.31. The molecule has 0 saturated heterocycles. The molecule has 0 saturated carbocycles. The van der Waals surface area contributed by atoms with Crippen LogP contribution in [0.1, 0.15) is 34.4 Å². The van der Waals surface area contributed by atoms with Crippen molar-refractivity contribution in [3.63, 3.8) is 0 Å². The van der Waals surface area contributed by atoms with E-state index in [1.807, 2.05) is 48.8 Å². The maximum absolute atomic E-state index is 6.31. The van der Waals surface area contributed by atoms with Crippen molar-refractivity contribution in [1.82, 2.24) is 19.9 Å². The van der Waals surface area contributed by atoms with Crippen LogP contribution < -0.4 is 0 Å². The Balaban J connectivity index is 1.94. The van der Waals surface area contributed by atoms with Gasteiger partial charge in [0.2, 0.25) is 0 Å². The lowest BCUT2D eigenvalue weighted by Crippen LogP contribution is -2.17. The van der Waals surface area contributed by atoms with Gasteiger partial charge in [0.05, 0.1) is 5.92 Å². The second-order valence-corrected chi connectivity index (χ2v) is 6.63. The Morgan fingerprint density at radius 1 is 0.630 bits per heavy atom. The van der Waals surface area contributed by atoms with E-state index >= 15 is 0 Å². The maximum Gasteiger partial charge on any atom is 0.136 e. The van der Waals surface area contributed by atoms with Crippen molar-refractivity contribution in [2.24, 2.45) is 0 Å². The summed E-state index contributed by atoms with van der Waals surface area (Å²) in [5.41, 5.74) is 3.19. The SMILES string of the molecule is Clc1cccc(C(c2ncccn2)C(c2cccnc2)c2cccnc2)c1. The van der Waals surface area contributed by atoms with Gasteiger partial charge >= 0.3 is 0 Å². The average Bonchev–Trinajstić information content (AvgIpc) is 2.74. The van der Waals surface area contributed by atoms with E-state index in [0.717, 1.165) is 22.5 Å². The van der Waals surface area contributed by atoms with Gasteiger partial charge in [0.15, 0.2) is 0 Å². The fraction of sp³-hybridized carbons (Fsp3) is 0.0909. The van der Waals surface area contributed by atoms with Crippen LogP contribution in [0.3, 0.4) is 0 Å². The summed E-state index contributed by atoms with van der Waals surface area (Å²) in [4.78, 5) is 17.8. The van der Waals surface area contributed by atoms with Crippen LogP contribution in [0, 0.1) is 0 Å². The van der Waals surface area contributed by atoms with Crippen molar-refractivity contribution < 1.29 is 0 Å². The highest BCUT2D eigenvalue weighted by Crippen LogP contribution is 2.41. The molecule has 27 heavy (non-hydrogen) atoms. The van der Waals surface area contributed by atoms with E-state index < -0.39 is 0 Å². The molecule has 5 heteroatoms. The van der Waals surface area contributed by atoms with Crippen LogP contribution in [-0.2, 0) is 0 Å². The Bertz CT molecular complexity index is 955. The third kappa shape index (κ3) is 3.86. The monoisotopic (exact) mass is 372 g/mol. The van der Waals surface area contributed by atoms with Gasteiger partial charge in [0, 0.05) is 48.1 Å².